The molecule has 0 saturated carbocycles. The molecule has 1 heterocycles. The molecule has 0 aromatic carbocycles. The molecule has 16 heavy (non-hydrogen) atoms. The van der Waals surface area contributed by atoms with E-state index in [-0.39, 0.29) is 17.4 Å². The quantitative estimate of drug-likeness (QED) is 0.694. The molecule has 0 spiro atoms. The number of halogens is 1. The van der Waals surface area contributed by atoms with Crippen molar-refractivity contribution >= 4 is 23.4 Å². The predicted molar refractivity (Wildman–Crippen MR) is 56.1 cm³/mol. The topological polar surface area (TPSA) is 80.5 Å². The van der Waals surface area contributed by atoms with E-state index in [1.165, 1.54) is 6.20 Å². The standard InChI is InChI=1S/C10H8ClN2O3/c11-10-8-6(4-12-13-10)2-1-5(9(8)16)3-7(14)15/h1-2,4-5,13H,3H2,(H,14,15). The number of nitrogens with one attached hydrogen (secondary N) is 1. The molecule has 0 aromatic heterocycles. The number of nitrogens with zero attached hydrogens (tertiary/aromatic N) is 1. The minimum Gasteiger partial charge on any atom is -0.481 e. The van der Waals surface area contributed by atoms with Gasteiger partial charge in [-0.15, -0.1) is 0 Å². The molecule has 83 valence electrons. The first kappa shape index (κ1) is 10.8. The Labute approximate surface area is 96.4 Å². The van der Waals surface area contributed by atoms with Gasteiger partial charge < -0.3 is 5.11 Å². The number of ketones is 1. The largest absolute Gasteiger partial charge is 0.481 e. The first-order valence-electron chi connectivity index (χ1n) is 4.60. The fraction of sp³-hybridized carbons (Fsp3) is 0.200. The van der Waals surface area contributed by atoms with Gasteiger partial charge in [0.05, 0.1) is 24.1 Å². The van der Waals surface area contributed by atoms with Crippen LogP contribution in [0.5, 0.6) is 0 Å². The molecule has 0 fully saturated rings. The number of Topliss-reactive ketones (excluding diaryl/α,β-unsaturated/α-hetero) is 1. The second kappa shape index (κ2) is 4.02. The highest BCUT2D eigenvalue weighted by molar-refractivity contribution is 6.32. The molecule has 1 atom stereocenters. The Morgan fingerprint density at radius 1 is 1.62 bits per heavy atom. The number of allylic oxidation sites excluding steroid dienone is 4. The summed E-state index contributed by atoms with van der Waals surface area (Å²) in [6, 6.07) is 0. The van der Waals surface area contributed by atoms with Crippen LogP contribution in [0.3, 0.4) is 0 Å². The minimum absolute atomic E-state index is 0.141. The number of carbonyl (C=O) groups is 2. The van der Waals surface area contributed by atoms with E-state index in [2.05, 4.69) is 10.9 Å². The van der Waals surface area contributed by atoms with Crippen LogP contribution < -0.4 is 10.9 Å². The summed E-state index contributed by atoms with van der Waals surface area (Å²) in [5.74, 6) is -1.96. The van der Waals surface area contributed by atoms with E-state index >= 15 is 0 Å². The normalized spacial score (nSPS) is 23.2. The number of rotatable bonds is 2. The summed E-state index contributed by atoms with van der Waals surface area (Å²) in [5, 5.41) is 8.80. The minimum atomic E-state index is -1.01. The number of hydrogen-bond donors (Lipinski definition) is 2. The molecule has 1 aliphatic heterocycles. The van der Waals surface area contributed by atoms with Gasteiger partial charge in [-0.05, 0) is 0 Å². The van der Waals surface area contributed by atoms with Crippen LogP contribution in [0, 0.1) is 5.92 Å². The molecule has 0 amide bonds. The zero-order chi connectivity index (χ0) is 11.7. The molecule has 2 aliphatic rings. The van der Waals surface area contributed by atoms with E-state index in [0.717, 1.165) is 0 Å². The molecule has 0 saturated heterocycles. The van der Waals surface area contributed by atoms with E-state index in [0.29, 0.717) is 11.1 Å². The summed E-state index contributed by atoms with van der Waals surface area (Å²) in [4.78, 5) is 22.5. The van der Waals surface area contributed by atoms with Gasteiger partial charge in [-0.2, -0.15) is 5.43 Å². The molecule has 5 nitrogen and oxygen atoms in total. The third-order valence-corrected chi connectivity index (χ3v) is 2.63. The monoisotopic (exact) mass is 239 g/mol. The maximum Gasteiger partial charge on any atom is 0.304 e. The first-order chi connectivity index (χ1) is 7.59. The summed E-state index contributed by atoms with van der Waals surface area (Å²) in [6.07, 6.45) is 4.48. The highest BCUT2D eigenvalue weighted by atomic mass is 35.5. The molecule has 6 heteroatoms. The van der Waals surface area contributed by atoms with Gasteiger partial charge in [-0.1, -0.05) is 23.8 Å². The highest BCUT2D eigenvalue weighted by Gasteiger charge is 2.31. The van der Waals surface area contributed by atoms with Crippen molar-refractivity contribution in [1.82, 2.24) is 10.9 Å². The Balaban J connectivity index is 2.35. The van der Waals surface area contributed by atoms with Crippen molar-refractivity contribution in [3.63, 3.8) is 0 Å². The Hall–Kier alpha value is -1.75. The molecule has 2 N–H and O–H groups in total. The van der Waals surface area contributed by atoms with Crippen LogP contribution in [0.25, 0.3) is 0 Å². The number of carbonyl (C=O) groups excluding carboxylic acids is 1. The molecular weight excluding hydrogens is 232 g/mol. The number of carboxylic acids is 1. The Kier molecular flexibility index (Phi) is 2.70. The van der Waals surface area contributed by atoms with Crippen LogP contribution in [0.4, 0.5) is 0 Å². The van der Waals surface area contributed by atoms with E-state index < -0.39 is 11.9 Å². The van der Waals surface area contributed by atoms with Crippen LogP contribution in [-0.4, -0.2) is 16.9 Å². The van der Waals surface area contributed by atoms with Gasteiger partial charge in [0, 0.05) is 5.57 Å². The fourth-order valence-electron chi connectivity index (χ4n) is 1.62. The lowest BCUT2D eigenvalue weighted by atomic mass is 9.85. The summed E-state index contributed by atoms with van der Waals surface area (Å²) < 4.78 is 0. The molecule has 2 rings (SSSR count). The number of carboxylic acid groups (broad SMARTS) is 1. The maximum atomic E-state index is 11.9. The second-order valence-electron chi connectivity index (χ2n) is 3.44. The van der Waals surface area contributed by atoms with Crippen LogP contribution in [0.15, 0.2) is 34.7 Å². The number of hydrogen-bond acceptors (Lipinski definition) is 3. The summed E-state index contributed by atoms with van der Waals surface area (Å²) in [7, 11) is 0. The fourth-order valence-corrected chi connectivity index (χ4v) is 1.87. The van der Waals surface area contributed by atoms with Gasteiger partial charge in [0.15, 0.2) is 5.78 Å². The van der Waals surface area contributed by atoms with Crippen molar-refractivity contribution in [2.45, 2.75) is 6.42 Å². The van der Waals surface area contributed by atoms with Gasteiger partial charge >= 0.3 is 5.97 Å². The van der Waals surface area contributed by atoms with Crippen LogP contribution in [0.1, 0.15) is 6.42 Å². The molecule has 0 bridgehead atoms. The van der Waals surface area contributed by atoms with Crippen molar-refractivity contribution in [2.24, 2.45) is 5.92 Å². The maximum absolute atomic E-state index is 11.9. The summed E-state index contributed by atoms with van der Waals surface area (Å²) in [5.41, 5.74) is 7.14. The molecular formula is C10H8ClN2O3. The summed E-state index contributed by atoms with van der Waals surface area (Å²) >= 11 is 5.82. The number of fused-ring (bicyclic) bond motifs is 1. The van der Waals surface area contributed by atoms with Gasteiger partial charge in [-0.25, -0.2) is 0 Å². The number of aliphatic carboxylic acids is 1. The van der Waals surface area contributed by atoms with Gasteiger partial charge in [-0.3, -0.25) is 15.0 Å². The Morgan fingerprint density at radius 3 is 3.06 bits per heavy atom. The molecule has 0 aromatic rings. The predicted octanol–water partition coefficient (Wildman–Crippen LogP) is 0.673. The SMILES string of the molecule is O=C(O)CC1C=CC2=C[N]NC(Cl)=C2C1=O. The molecule has 1 radical (unpaired) electrons. The van der Waals surface area contributed by atoms with E-state index in [4.69, 9.17) is 16.7 Å². The second-order valence-corrected chi connectivity index (χ2v) is 3.82. The van der Waals surface area contributed by atoms with Gasteiger partial charge in [0.2, 0.25) is 0 Å². The highest BCUT2D eigenvalue weighted by Crippen LogP contribution is 2.30. The lowest BCUT2D eigenvalue weighted by Gasteiger charge is -2.22. The van der Waals surface area contributed by atoms with Crippen molar-refractivity contribution < 1.29 is 14.7 Å². The van der Waals surface area contributed by atoms with Gasteiger partial charge in [0.1, 0.15) is 5.16 Å². The zero-order valence-electron chi connectivity index (χ0n) is 8.11. The Bertz CT molecular complexity index is 451. The van der Waals surface area contributed by atoms with Crippen molar-refractivity contribution in [3.8, 4) is 0 Å². The first-order valence-corrected chi connectivity index (χ1v) is 4.98. The molecule has 1 unspecified atom stereocenters. The molecule has 1 aliphatic carbocycles. The lowest BCUT2D eigenvalue weighted by Crippen LogP contribution is -2.30. The van der Waals surface area contributed by atoms with Crippen LogP contribution >= 0.6 is 11.6 Å². The average molecular weight is 240 g/mol. The lowest BCUT2D eigenvalue weighted by molar-refractivity contribution is -0.139. The van der Waals surface area contributed by atoms with Crippen molar-refractivity contribution in [3.05, 3.63) is 34.7 Å². The zero-order valence-corrected chi connectivity index (χ0v) is 8.86. The van der Waals surface area contributed by atoms with Crippen molar-refractivity contribution in [1.29, 1.82) is 0 Å². The average Bonchev–Trinajstić information content (AvgIpc) is 2.22. The third-order valence-electron chi connectivity index (χ3n) is 2.36. The Morgan fingerprint density at radius 2 is 2.38 bits per heavy atom. The smallest absolute Gasteiger partial charge is 0.304 e. The van der Waals surface area contributed by atoms with E-state index in [9.17, 15) is 9.59 Å². The third kappa shape index (κ3) is 1.81. The van der Waals surface area contributed by atoms with Crippen molar-refractivity contribution in [2.75, 3.05) is 0 Å². The van der Waals surface area contributed by atoms with Crippen LogP contribution in [-0.2, 0) is 9.59 Å². The van der Waals surface area contributed by atoms with E-state index in [1.807, 2.05) is 0 Å². The summed E-state index contributed by atoms with van der Waals surface area (Å²) in [6.45, 7) is 0. The van der Waals surface area contributed by atoms with Gasteiger partial charge in [0.25, 0.3) is 0 Å². The van der Waals surface area contributed by atoms with Crippen LogP contribution in [0.2, 0.25) is 0 Å². The van der Waals surface area contributed by atoms with E-state index in [1.54, 1.807) is 12.2 Å².